The highest BCUT2D eigenvalue weighted by Gasteiger charge is 2.13. The Morgan fingerprint density at radius 3 is 2.48 bits per heavy atom. The number of hydrogen-bond donors (Lipinski definition) is 2. The Balaban J connectivity index is 1.64. The van der Waals surface area contributed by atoms with Gasteiger partial charge in [-0.25, -0.2) is 0 Å². The normalized spacial score (nSPS) is 12.0. The van der Waals surface area contributed by atoms with Crippen LogP contribution in [0.4, 0.5) is 0 Å². The molecule has 0 aliphatic rings. The molecule has 1 atom stereocenters. The van der Waals surface area contributed by atoms with E-state index in [0.29, 0.717) is 12.4 Å². The minimum absolute atomic E-state index is 0.396. The van der Waals surface area contributed by atoms with Crippen LogP contribution in [0.1, 0.15) is 23.0 Å². The van der Waals surface area contributed by atoms with Gasteiger partial charge in [0.1, 0.15) is 12.4 Å². The lowest BCUT2D eigenvalue weighted by molar-refractivity contribution is 0.306. The number of benzene rings is 2. The van der Waals surface area contributed by atoms with Crippen LogP contribution >= 0.6 is 0 Å². The van der Waals surface area contributed by atoms with Crippen LogP contribution in [0.3, 0.4) is 0 Å². The van der Waals surface area contributed by atoms with Crippen LogP contribution in [-0.2, 0) is 6.61 Å². The van der Waals surface area contributed by atoms with E-state index in [1.165, 1.54) is 0 Å². The smallest absolute Gasteiger partial charge is 0.195 e. The largest absolute Gasteiger partial charge is 0.489 e. The second-order valence-corrected chi connectivity index (χ2v) is 4.59. The molecule has 1 heterocycles. The zero-order valence-electron chi connectivity index (χ0n) is 11.3. The highest BCUT2D eigenvalue weighted by molar-refractivity contribution is 5.31. The van der Waals surface area contributed by atoms with E-state index in [-0.39, 0.29) is 0 Å². The van der Waals surface area contributed by atoms with Crippen molar-refractivity contribution in [3.05, 3.63) is 71.5 Å². The molecule has 3 aromatic rings. The van der Waals surface area contributed by atoms with Crippen molar-refractivity contribution in [3.8, 4) is 5.75 Å². The van der Waals surface area contributed by atoms with Crippen LogP contribution in [0.5, 0.6) is 5.75 Å². The Kier molecular flexibility index (Phi) is 3.88. The molecule has 0 amide bonds. The molecule has 0 saturated carbocycles. The Labute approximate surface area is 122 Å². The summed E-state index contributed by atoms with van der Waals surface area (Å²) in [7, 11) is 0. The Bertz CT molecular complexity index is 667. The summed E-state index contributed by atoms with van der Waals surface area (Å²) in [6, 6.07) is 17.2. The highest BCUT2D eigenvalue weighted by atomic mass is 16.5. The molecule has 1 unspecified atom stereocenters. The molecule has 0 fully saturated rings. The van der Waals surface area contributed by atoms with Gasteiger partial charge in [0.25, 0.3) is 0 Å². The first-order chi connectivity index (χ1) is 10.3. The van der Waals surface area contributed by atoms with Crippen molar-refractivity contribution in [2.45, 2.75) is 12.6 Å². The van der Waals surface area contributed by atoms with Crippen molar-refractivity contribution in [1.82, 2.24) is 20.6 Å². The Morgan fingerprint density at radius 2 is 1.81 bits per heavy atom. The van der Waals surface area contributed by atoms with Crippen molar-refractivity contribution in [3.63, 3.8) is 0 Å². The first kappa shape index (κ1) is 13.3. The molecule has 106 valence electrons. The van der Waals surface area contributed by atoms with Gasteiger partial charge >= 0.3 is 0 Å². The standard InChI is InChI=1S/C15H15N5O/c16-14(15-17-19-20-18-15)12-6-8-13(9-7-12)21-10-11-4-2-1-3-5-11/h1-9,14H,10,16H2,(H,17,18,19,20). The van der Waals surface area contributed by atoms with E-state index in [2.05, 4.69) is 20.6 Å². The zero-order valence-corrected chi connectivity index (χ0v) is 11.3. The predicted molar refractivity (Wildman–Crippen MR) is 77.4 cm³/mol. The molecular weight excluding hydrogens is 266 g/mol. The molecule has 0 aliphatic carbocycles. The van der Waals surface area contributed by atoms with Gasteiger partial charge in [0.2, 0.25) is 0 Å². The fourth-order valence-electron chi connectivity index (χ4n) is 1.96. The van der Waals surface area contributed by atoms with Crippen LogP contribution in [0, 0.1) is 0 Å². The van der Waals surface area contributed by atoms with Crippen LogP contribution < -0.4 is 10.5 Å². The molecule has 6 nitrogen and oxygen atoms in total. The number of rotatable bonds is 5. The molecule has 2 aromatic carbocycles. The summed E-state index contributed by atoms with van der Waals surface area (Å²) >= 11 is 0. The summed E-state index contributed by atoms with van der Waals surface area (Å²) in [6.45, 7) is 0.539. The van der Waals surface area contributed by atoms with Gasteiger partial charge in [-0.1, -0.05) is 47.7 Å². The van der Waals surface area contributed by atoms with Crippen molar-refractivity contribution in [2.24, 2.45) is 5.73 Å². The van der Waals surface area contributed by atoms with Crippen molar-refractivity contribution >= 4 is 0 Å². The number of aromatic nitrogens is 4. The Morgan fingerprint density at radius 1 is 1.05 bits per heavy atom. The fraction of sp³-hybridized carbons (Fsp3) is 0.133. The topological polar surface area (TPSA) is 89.7 Å². The molecule has 0 bridgehead atoms. The van der Waals surface area contributed by atoms with Gasteiger partial charge in [-0.2, -0.15) is 5.21 Å². The van der Waals surface area contributed by atoms with E-state index in [9.17, 15) is 0 Å². The summed E-state index contributed by atoms with van der Waals surface area (Å²) in [4.78, 5) is 0. The minimum atomic E-state index is -0.396. The van der Waals surface area contributed by atoms with Crippen LogP contribution in [0.25, 0.3) is 0 Å². The van der Waals surface area contributed by atoms with Gasteiger partial charge in [0.15, 0.2) is 5.82 Å². The average molecular weight is 281 g/mol. The zero-order chi connectivity index (χ0) is 14.5. The lowest BCUT2D eigenvalue weighted by Gasteiger charge is -2.10. The third-order valence-electron chi connectivity index (χ3n) is 3.13. The van der Waals surface area contributed by atoms with Gasteiger partial charge in [0.05, 0.1) is 6.04 Å². The van der Waals surface area contributed by atoms with E-state index in [1.54, 1.807) is 0 Å². The maximum Gasteiger partial charge on any atom is 0.195 e. The molecule has 0 aliphatic heterocycles. The Hall–Kier alpha value is -2.73. The third kappa shape index (κ3) is 3.24. The SMILES string of the molecule is NC(c1ccc(OCc2ccccc2)cc1)c1nn[nH]n1. The van der Waals surface area contributed by atoms with E-state index in [1.807, 2.05) is 54.6 Å². The summed E-state index contributed by atoms with van der Waals surface area (Å²) in [5.74, 6) is 1.26. The maximum atomic E-state index is 6.05. The van der Waals surface area contributed by atoms with E-state index in [4.69, 9.17) is 10.5 Å². The molecule has 3 rings (SSSR count). The van der Waals surface area contributed by atoms with Gasteiger partial charge in [-0.05, 0) is 23.3 Å². The van der Waals surface area contributed by atoms with Crippen LogP contribution in [0.2, 0.25) is 0 Å². The van der Waals surface area contributed by atoms with E-state index < -0.39 is 6.04 Å². The highest BCUT2D eigenvalue weighted by Crippen LogP contribution is 2.20. The summed E-state index contributed by atoms with van der Waals surface area (Å²) in [5.41, 5.74) is 8.09. The molecule has 3 N–H and O–H groups in total. The number of tetrazole rings is 1. The summed E-state index contributed by atoms with van der Waals surface area (Å²) in [6.07, 6.45) is 0. The minimum Gasteiger partial charge on any atom is -0.489 e. The fourth-order valence-corrected chi connectivity index (χ4v) is 1.96. The molecule has 6 heteroatoms. The first-order valence-electron chi connectivity index (χ1n) is 6.58. The number of hydrogen-bond acceptors (Lipinski definition) is 5. The van der Waals surface area contributed by atoms with Gasteiger partial charge < -0.3 is 10.5 Å². The lowest BCUT2D eigenvalue weighted by atomic mass is 10.1. The summed E-state index contributed by atoms with van der Waals surface area (Å²) < 4.78 is 5.73. The van der Waals surface area contributed by atoms with Crippen molar-refractivity contribution in [1.29, 1.82) is 0 Å². The number of H-pyrrole nitrogens is 1. The molecule has 0 spiro atoms. The van der Waals surface area contributed by atoms with Crippen LogP contribution in [0.15, 0.2) is 54.6 Å². The van der Waals surface area contributed by atoms with E-state index in [0.717, 1.165) is 16.9 Å². The van der Waals surface area contributed by atoms with Crippen LogP contribution in [-0.4, -0.2) is 20.6 Å². The van der Waals surface area contributed by atoms with Gasteiger partial charge in [0, 0.05) is 0 Å². The van der Waals surface area contributed by atoms with Gasteiger partial charge in [-0.15, -0.1) is 10.2 Å². The predicted octanol–water partition coefficient (Wildman–Crippen LogP) is 1.83. The molecule has 0 radical (unpaired) electrons. The van der Waals surface area contributed by atoms with Crippen molar-refractivity contribution in [2.75, 3.05) is 0 Å². The van der Waals surface area contributed by atoms with Gasteiger partial charge in [-0.3, -0.25) is 0 Å². The monoisotopic (exact) mass is 281 g/mol. The third-order valence-corrected chi connectivity index (χ3v) is 3.13. The first-order valence-corrected chi connectivity index (χ1v) is 6.58. The maximum absolute atomic E-state index is 6.05. The number of nitrogens with two attached hydrogens (primary N) is 1. The molecule has 21 heavy (non-hydrogen) atoms. The quantitative estimate of drug-likeness (QED) is 0.744. The molecule has 0 saturated heterocycles. The number of ether oxygens (including phenoxy) is 1. The second kappa shape index (κ2) is 6.15. The molecular formula is C15H15N5O. The number of nitrogens with one attached hydrogen (secondary N) is 1. The lowest BCUT2D eigenvalue weighted by Crippen LogP contribution is -2.13. The number of nitrogens with zero attached hydrogens (tertiary/aromatic N) is 3. The van der Waals surface area contributed by atoms with E-state index >= 15 is 0 Å². The average Bonchev–Trinajstić information content (AvgIpc) is 3.08. The second-order valence-electron chi connectivity index (χ2n) is 4.59. The number of aromatic amines is 1. The summed E-state index contributed by atoms with van der Waals surface area (Å²) in [5, 5.41) is 13.7. The van der Waals surface area contributed by atoms with Crippen molar-refractivity contribution < 1.29 is 4.74 Å². The molecule has 1 aromatic heterocycles.